The van der Waals surface area contributed by atoms with Crippen LogP contribution in [0, 0.1) is 0 Å². The van der Waals surface area contributed by atoms with Crippen molar-refractivity contribution in [2.75, 3.05) is 0 Å². The molecule has 0 saturated heterocycles. The summed E-state index contributed by atoms with van der Waals surface area (Å²) < 4.78 is 3.09. The molecule has 0 bridgehead atoms. The van der Waals surface area contributed by atoms with Gasteiger partial charge in [0.05, 0.1) is 29.0 Å². The Morgan fingerprint density at radius 1 is 1.11 bits per heavy atom. The van der Waals surface area contributed by atoms with Crippen molar-refractivity contribution in [1.82, 2.24) is 24.6 Å². The van der Waals surface area contributed by atoms with Gasteiger partial charge >= 0.3 is 11.9 Å². The number of carbonyl (C=O) groups is 3. The third-order valence-electron chi connectivity index (χ3n) is 3.67. The van der Waals surface area contributed by atoms with Gasteiger partial charge in [-0.3, -0.25) is 9.59 Å². The molecule has 0 aliphatic heterocycles. The van der Waals surface area contributed by atoms with Gasteiger partial charge in [-0.05, 0) is 6.92 Å². The van der Waals surface area contributed by atoms with Crippen LogP contribution in [0.25, 0.3) is 0 Å². The molecule has 0 aliphatic carbocycles. The maximum atomic E-state index is 11.7. The lowest BCUT2D eigenvalue weighted by Gasteiger charge is -2.14. The zero-order valence-corrected chi connectivity index (χ0v) is 15.3. The number of aromatic nitrogens is 4. The molecule has 0 radical (unpaired) electrons. The van der Waals surface area contributed by atoms with Crippen LogP contribution in [0.2, 0.25) is 0 Å². The van der Waals surface area contributed by atoms with Gasteiger partial charge < -0.3 is 21.3 Å². The fourth-order valence-corrected chi connectivity index (χ4v) is 2.26. The van der Waals surface area contributed by atoms with Crippen LogP contribution in [0.5, 0.6) is 0 Å². The maximum Gasteiger partial charge on any atom is 0.326 e. The summed E-state index contributed by atoms with van der Waals surface area (Å²) in [7, 11) is 0. The molecular formula is C15H20N6O5S. The molecule has 0 aliphatic rings. The summed E-state index contributed by atoms with van der Waals surface area (Å²) in [6, 6.07) is -2.19. The first-order chi connectivity index (χ1) is 12.7. The van der Waals surface area contributed by atoms with Crippen molar-refractivity contribution < 1.29 is 24.6 Å². The molecule has 12 heteroatoms. The van der Waals surface area contributed by atoms with E-state index >= 15 is 0 Å². The summed E-state index contributed by atoms with van der Waals surface area (Å²) in [5.41, 5.74) is 6.40. The first kappa shape index (κ1) is 20.5. The second-order valence-corrected chi connectivity index (χ2v) is 6.69. The lowest BCUT2D eigenvalue weighted by molar-refractivity contribution is -0.141. The van der Waals surface area contributed by atoms with E-state index in [4.69, 9.17) is 10.8 Å². The van der Waals surface area contributed by atoms with E-state index in [0.717, 1.165) is 0 Å². The summed E-state index contributed by atoms with van der Waals surface area (Å²) in [4.78, 5) is 42.0. The third-order valence-corrected chi connectivity index (χ3v) is 3.90. The number of carbonyl (C=O) groups excluding carboxylic acids is 1. The number of rotatable bonds is 9. The highest BCUT2D eigenvalue weighted by molar-refractivity contribution is 7.81. The SMILES string of the molecule is CC(S)C(=O)N[C@@H](Cc1cn(-n2cnc(C[C@H](N)C(=O)O)c2)cn1)C(=O)O. The minimum absolute atomic E-state index is 0.0139. The Morgan fingerprint density at radius 3 is 2.07 bits per heavy atom. The van der Waals surface area contributed by atoms with Crippen LogP contribution in [0.1, 0.15) is 18.3 Å². The first-order valence-electron chi connectivity index (χ1n) is 7.93. The Morgan fingerprint density at radius 2 is 1.63 bits per heavy atom. The van der Waals surface area contributed by atoms with Crippen molar-refractivity contribution in [1.29, 1.82) is 0 Å². The lowest BCUT2D eigenvalue weighted by atomic mass is 10.1. The number of carboxylic acid groups (broad SMARTS) is 2. The van der Waals surface area contributed by atoms with E-state index in [0.29, 0.717) is 11.4 Å². The molecule has 146 valence electrons. The van der Waals surface area contributed by atoms with E-state index in [9.17, 15) is 19.5 Å². The van der Waals surface area contributed by atoms with Crippen LogP contribution >= 0.6 is 12.6 Å². The molecule has 27 heavy (non-hydrogen) atoms. The molecule has 3 atom stereocenters. The highest BCUT2D eigenvalue weighted by Crippen LogP contribution is 2.06. The molecule has 2 heterocycles. The molecule has 5 N–H and O–H groups in total. The average molecular weight is 396 g/mol. The van der Waals surface area contributed by atoms with Gasteiger partial charge in [0.2, 0.25) is 5.91 Å². The van der Waals surface area contributed by atoms with Crippen LogP contribution < -0.4 is 11.1 Å². The summed E-state index contributed by atoms with van der Waals surface area (Å²) in [5, 5.41) is 19.9. The smallest absolute Gasteiger partial charge is 0.326 e. The average Bonchev–Trinajstić information content (AvgIpc) is 3.22. The summed E-state index contributed by atoms with van der Waals surface area (Å²) in [6.45, 7) is 1.54. The molecule has 0 saturated carbocycles. The molecule has 11 nitrogen and oxygen atoms in total. The number of imidazole rings is 2. The number of nitrogens with two attached hydrogens (primary N) is 1. The van der Waals surface area contributed by atoms with Gasteiger partial charge in [0.15, 0.2) is 0 Å². The zero-order chi connectivity index (χ0) is 20.1. The quantitative estimate of drug-likeness (QED) is 0.329. The van der Waals surface area contributed by atoms with Gasteiger partial charge in [0.1, 0.15) is 24.7 Å². The highest BCUT2D eigenvalue weighted by atomic mass is 32.1. The first-order valence-corrected chi connectivity index (χ1v) is 8.45. The number of hydrogen-bond acceptors (Lipinski definition) is 7. The summed E-state index contributed by atoms with van der Waals surface area (Å²) in [6.07, 6.45) is 6.12. The van der Waals surface area contributed by atoms with Crippen molar-refractivity contribution in [3.8, 4) is 0 Å². The van der Waals surface area contributed by atoms with Crippen LogP contribution in [0.15, 0.2) is 25.0 Å². The number of hydrogen-bond donors (Lipinski definition) is 5. The number of nitrogens with zero attached hydrogens (tertiary/aromatic N) is 4. The zero-order valence-electron chi connectivity index (χ0n) is 14.4. The maximum absolute atomic E-state index is 11.7. The summed E-state index contributed by atoms with van der Waals surface area (Å²) >= 11 is 3.97. The Bertz CT molecular complexity index is 832. The number of thiol groups is 1. The Kier molecular flexibility index (Phi) is 6.58. The van der Waals surface area contributed by atoms with E-state index in [1.54, 1.807) is 28.7 Å². The Balaban J connectivity index is 2.07. The van der Waals surface area contributed by atoms with E-state index in [-0.39, 0.29) is 12.8 Å². The van der Waals surface area contributed by atoms with Crippen molar-refractivity contribution in [3.05, 3.63) is 36.4 Å². The van der Waals surface area contributed by atoms with Crippen LogP contribution in [0.3, 0.4) is 0 Å². The normalized spacial score (nSPS) is 14.3. The molecular weight excluding hydrogens is 376 g/mol. The van der Waals surface area contributed by atoms with Crippen molar-refractivity contribution >= 4 is 30.5 Å². The predicted octanol–water partition coefficient (Wildman–Crippen LogP) is -1.22. The Labute approximate surface area is 159 Å². The van der Waals surface area contributed by atoms with Crippen molar-refractivity contribution in [2.24, 2.45) is 5.73 Å². The fourth-order valence-electron chi connectivity index (χ4n) is 2.18. The van der Waals surface area contributed by atoms with Gasteiger partial charge in [-0.15, -0.1) is 0 Å². The molecule has 1 unspecified atom stereocenters. The number of amides is 1. The van der Waals surface area contributed by atoms with Crippen LogP contribution in [0.4, 0.5) is 0 Å². The molecule has 1 amide bonds. The van der Waals surface area contributed by atoms with E-state index in [1.165, 1.54) is 12.7 Å². The minimum atomic E-state index is -1.18. The number of carboxylic acids is 2. The number of nitrogens with one attached hydrogen (secondary N) is 1. The van der Waals surface area contributed by atoms with Crippen LogP contribution in [-0.4, -0.2) is 64.7 Å². The topological polar surface area (TPSA) is 165 Å². The monoisotopic (exact) mass is 396 g/mol. The van der Waals surface area contributed by atoms with Crippen LogP contribution in [-0.2, 0) is 27.2 Å². The predicted molar refractivity (Wildman–Crippen MR) is 96.3 cm³/mol. The highest BCUT2D eigenvalue weighted by Gasteiger charge is 2.23. The van der Waals surface area contributed by atoms with Gasteiger partial charge in [-0.2, -0.15) is 12.6 Å². The Hall–Kier alpha value is -2.86. The second-order valence-electron chi connectivity index (χ2n) is 5.92. The fraction of sp³-hybridized carbons (Fsp3) is 0.400. The molecule has 2 aromatic rings. The van der Waals surface area contributed by atoms with Gasteiger partial charge in [-0.25, -0.2) is 24.1 Å². The third kappa shape index (κ3) is 5.56. The van der Waals surface area contributed by atoms with Gasteiger partial charge in [0, 0.05) is 12.8 Å². The number of aliphatic carboxylic acids is 2. The van der Waals surface area contributed by atoms with E-state index in [2.05, 4.69) is 27.9 Å². The van der Waals surface area contributed by atoms with Gasteiger partial charge in [-0.1, -0.05) is 0 Å². The summed E-state index contributed by atoms with van der Waals surface area (Å²) in [5.74, 6) is -2.79. The van der Waals surface area contributed by atoms with E-state index < -0.39 is 35.2 Å². The minimum Gasteiger partial charge on any atom is -0.480 e. The van der Waals surface area contributed by atoms with E-state index in [1.807, 2.05) is 0 Å². The second kappa shape index (κ2) is 8.68. The standard InChI is InChI=1S/C15H20N6O5S/c1-8(27)13(22)19-12(15(25)26)3-10-5-21(7-18-10)20-4-9(17-6-20)2-11(16)14(23)24/h4-8,11-12,27H,2-3,16H2,1H3,(H,19,22)(H,23,24)(H,25,26)/t8?,11-,12-/m0/s1. The lowest BCUT2D eigenvalue weighted by Crippen LogP contribution is -2.44. The molecule has 2 rings (SSSR count). The molecule has 0 spiro atoms. The molecule has 2 aromatic heterocycles. The largest absolute Gasteiger partial charge is 0.480 e. The molecule has 0 fully saturated rings. The van der Waals surface area contributed by atoms with Gasteiger partial charge in [0.25, 0.3) is 0 Å². The molecule has 0 aromatic carbocycles. The van der Waals surface area contributed by atoms with Crippen molar-refractivity contribution in [2.45, 2.75) is 37.1 Å². The van der Waals surface area contributed by atoms with Crippen molar-refractivity contribution in [3.63, 3.8) is 0 Å².